The molecule has 2 rings (SSSR count). The Bertz CT molecular complexity index is 665. The van der Waals surface area contributed by atoms with E-state index >= 15 is 0 Å². The van der Waals surface area contributed by atoms with Crippen molar-refractivity contribution in [3.05, 3.63) is 51.0 Å². The van der Waals surface area contributed by atoms with Gasteiger partial charge in [-0.15, -0.1) is 0 Å². The molecule has 0 aliphatic carbocycles. The van der Waals surface area contributed by atoms with Crippen molar-refractivity contribution in [2.75, 3.05) is 6.61 Å². The van der Waals surface area contributed by atoms with E-state index in [1.165, 1.54) is 6.21 Å². The Labute approximate surface area is 136 Å². The highest BCUT2D eigenvalue weighted by atomic mass is 127. The third-order valence-electron chi connectivity index (χ3n) is 2.89. The SMILES string of the molecule is Cc1cccc(OCC(=O)N/N=C/c2ccc(I)o2)c1C. The molecule has 2 aromatic rings. The second-order valence-corrected chi connectivity index (χ2v) is 5.48. The maximum absolute atomic E-state index is 11.6. The van der Waals surface area contributed by atoms with Crippen molar-refractivity contribution in [1.29, 1.82) is 0 Å². The normalized spacial score (nSPS) is 10.8. The number of nitrogens with zero attached hydrogens (tertiary/aromatic N) is 1. The molecular weight excluding hydrogens is 383 g/mol. The minimum Gasteiger partial charge on any atom is -0.483 e. The van der Waals surface area contributed by atoms with Crippen molar-refractivity contribution in [3.63, 3.8) is 0 Å². The molecule has 1 aromatic carbocycles. The van der Waals surface area contributed by atoms with Gasteiger partial charge in [0.25, 0.3) is 5.91 Å². The van der Waals surface area contributed by atoms with E-state index in [0.717, 1.165) is 14.9 Å². The van der Waals surface area contributed by atoms with Crippen LogP contribution in [0.5, 0.6) is 5.75 Å². The highest BCUT2D eigenvalue weighted by Gasteiger charge is 2.05. The van der Waals surface area contributed by atoms with E-state index in [2.05, 4.69) is 33.1 Å². The van der Waals surface area contributed by atoms with Crippen LogP contribution in [0.15, 0.2) is 39.9 Å². The van der Waals surface area contributed by atoms with Crippen molar-refractivity contribution in [1.82, 2.24) is 5.43 Å². The lowest BCUT2D eigenvalue weighted by atomic mass is 10.1. The minimum absolute atomic E-state index is 0.0860. The molecule has 0 bridgehead atoms. The Balaban J connectivity index is 1.82. The molecule has 0 aliphatic heterocycles. The predicted molar refractivity (Wildman–Crippen MR) is 88.6 cm³/mol. The molecule has 0 fully saturated rings. The van der Waals surface area contributed by atoms with Gasteiger partial charge in [0.15, 0.2) is 10.4 Å². The van der Waals surface area contributed by atoms with Gasteiger partial charge in [0, 0.05) is 0 Å². The zero-order valence-electron chi connectivity index (χ0n) is 11.7. The van der Waals surface area contributed by atoms with E-state index in [4.69, 9.17) is 9.15 Å². The van der Waals surface area contributed by atoms with E-state index in [1.807, 2.05) is 38.1 Å². The summed E-state index contributed by atoms with van der Waals surface area (Å²) in [5.41, 5.74) is 4.54. The summed E-state index contributed by atoms with van der Waals surface area (Å²) in [5, 5.41) is 3.81. The zero-order valence-corrected chi connectivity index (χ0v) is 13.9. The quantitative estimate of drug-likeness (QED) is 0.479. The van der Waals surface area contributed by atoms with Crippen LogP contribution in [0.2, 0.25) is 0 Å². The number of carbonyl (C=O) groups is 1. The molecular formula is C15H15IN2O3. The van der Waals surface area contributed by atoms with Gasteiger partial charge in [-0.3, -0.25) is 4.79 Å². The molecule has 1 amide bonds. The number of rotatable bonds is 5. The maximum atomic E-state index is 11.6. The van der Waals surface area contributed by atoms with Crippen LogP contribution in [-0.2, 0) is 4.79 Å². The van der Waals surface area contributed by atoms with Crippen LogP contribution in [0.25, 0.3) is 0 Å². The van der Waals surface area contributed by atoms with Crippen LogP contribution < -0.4 is 10.2 Å². The number of furan rings is 1. The fraction of sp³-hybridized carbons (Fsp3) is 0.200. The standard InChI is InChI=1S/C15H15IN2O3/c1-10-4-3-5-13(11(10)2)20-9-15(19)18-17-8-12-6-7-14(16)21-12/h3-8H,9H2,1-2H3,(H,18,19)/b17-8+. The number of hydrogen-bond acceptors (Lipinski definition) is 4. The molecule has 1 heterocycles. The summed E-state index contributed by atoms with van der Waals surface area (Å²) in [7, 11) is 0. The highest BCUT2D eigenvalue weighted by Crippen LogP contribution is 2.20. The smallest absolute Gasteiger partial charge is 0.277 e. The first-order chi connectivity index (χ1) is 10.1. The van der Waals surface area contributed by atoms with Crippen molar-refractivity contribution >= 4 is 34.7 Å². The summed E-state index contributed by atoms with van der Waals surface area (Å²) in [6, 6.07) is 9.31. The van der Waals surface area contributed by atoms with Gasteiger partial charge >= 0.3 is 0 Å². The molecule has 0 unspecified atom stereocenters. The first kappa shape index (κ1) is 15.6. The fourth-order valence-electron chi connectivity index (χ4n) is 1.62. The monoisotopic (exact) mass is 398 g/mol. The number of aryl methyl sites for hydroxylation is 1. The van der Waals surface area contributed by atoms with Crippen molar-refractivity contribution < 1.29 is 13.9 Å². The molecule has 0 radical (unpaired) electrons. The number of amides is 1. The maximum Gasteiger partial charge on any atom is 0.277 e. The molecule has 1 aromatic heterocycles. The first-order valence-electron chi connectivity index (χ1n) is 6.32. The van der Waals surface area contributed by atoms with E-state index in [0.29, 0.717) is 11.5 Å². The van der Waals surface area contributed by atoms with Gasteiger partial charge in [0.05, 0.1) is 6.21 Å². The zero-order chi connectivity index (χ0) is 15.2. The molecule has 6 heteroatoms. The number of carbonyl (C=O) groups excluding carboxylic acids is 1. The van der Waals surface area contributed by atoms with Crippen molar-refractivity contribution in [2.45, 2.75) is 13.8 Å². The topological polar surface area (TPSA) is 63.8 Å². The summed E-state index contributed by atoms with van der Waals surface area (Å²) in [6.07, 6.45) is 1.44. The Morgan fingerprint density at radius 3 is 2.90 bits per heavy atom. The Hall–Kier alpha value is -1.83. The largest absolute Gasteiger partial charge is 0.483 e. The number of nitrogens with one attached hydrogen (secondary N) is 1. The Kier molecular flexibility index (Phi) is 5.38. The third-order valence-corrected chi connectivity index (χ3v) is 3.47. The van der Waals surface area contributed by atoms with E-state index in [1.54, 1.807) is 6.07 Å². The Morgan fingerprint density at radius 2 is 2.19 bits per heavy atom. The van der Waals surface area contributed by atoms with Gasteiger partial charge in [-0.25, -0.2) is 5.43 Å². The molecule has 1 N–H and O–H groups in total. The van der Waals surface area contributed by atoms with Crippen molar-refractivity contribution in [2.24, 2.45) is 5.10 Å². The summed E-state index contributed by atoms with van der Waals surface area (Å²) < 4.78 is 11.5. The average molecular weight is 398 g/mol. The number of benzene rings is 1. The summed E-state index contributed by atoms with van der Waals surface area (Å²) in [5.74, 6) is 0.957. The van der Waals surface area contributed by atoms with E-state index in [9.17, 15) is 4.79 Å². The van der Waals surface area contributed by atoms with Gasteiger partial charge in [0.1, 0.15) is 11.5 Å². The van der Waals surface area contributed by atoms with Crippen LogP contribution in [-0.4, -0.2) is 18.7 Å². The second kappa shape index (κ2) is 7.26. The minimum atomic E-state index is -0.326. The lowest BCUT2D eigenvalue weighted by Crippen LogP contribution is -2.24. The van der Waals surface area contributed by atoms with E-state index in [-0.39, 0.29) is 12.5 Å². The summed E-state index contributed by atoms with van der Waals surface area (Å²) >= 11 is 2.06. The molecule has 0 spiro atoms. The third kappa shape index (κ3) is 4.59. The van der Waals surface area contributed by atoms with E-state index < -0.39 is 0 Å². The van der Waals surface area contributed by atoms with Crippen molar-refractivity contribution in [3.8, 4) is 5.75 Å². The van der Waals surface area contributed by atoms with Gasteiger partial charge in [0.2, 0.25) is 0 Å². The molecule has 0 aliphatic rings. The number of halogens is 1. The fourth-order valence-corrected chi connectivity index (χ4v) is 2.06. The number of hydrogen-bond donors (Lipinski definition) is 1. The predicted octanol–water partition coefficient (Wildman–Crippen LogP) is 3.03. The average Bonchev–Trinajstić information content (AvgIpc) is 2.86. The summed E-state index contributed by atoms with van der Waals surface area (Å²) in [6.45, 7) is 3.87. The van der Waals surface area contributed by atoms with Gasteiger partial charge in [-0.1, -0.05) is 12.1 Å². The van der Waals surface area contributed by atoms with Gasteiger partial charge < -0.3 is 9.15 Å². The molecule has 110 valence electrons. The lowest BCUT2D eigenvalue weighted by molar-refractivity contribution is -0.123. The summed E-state index contributed by atoms with van der Waals surface area (Å²) in [4.78, 5) is 11.6. The highest BCUT2D eigenvalue weighted by molar-refractivity contribution is 14.1. The van der Waals surface area contributed by atoms with Crippen LogP contribution in [0.4, 0.5) is 0 Å². The van der Waals surface area contributed by atoms with Gasteiger partial charge in [-0.2, -0.15) is 5.10 Å². The van der Waals surface area contributed by atoms with Gasteiger partial charge in [-0.05, 0) is 65.8 Å². The molecule has 0 atom stereocenters. The second-order valence-electron chi connectivity index (χ2n) is 4.42. The molecule has 0 saturated carbocycles. The lowest BCUT2D eigenvalue weighted by Gasteiger charge is -2.09. The van der Waals surface area contributed by atoms with Crippen LogP contribution >= 0.6 is 22.6 Å². The Morgan fingerprint density at radius 1 is 1.38 bits per heavy atom. The molecule has 21 heavy (non-hydrogen) atoms. The molecule has 0 saturated heterocycles. The van der Waals surface area contributed by atoms with Crippen LogP contribution in [0.1, 0.15) is 16.9 Å². The molecule has 5 nitrogen and oxygen atoms in total. The first-order valence-corrected chi connectivity index (χ1v) is 7.40. The van der Waals surface area contributed by atoms with Crippen LogP contribution in [0, 0.1) is 17.6 Å². The number of ether oxygens (including phenoxy) is 1. The number of hydrazone groups is 1. The van der Waals surface area contributed by atoms with Crippen LogP contribution in [0.3, 0.4) is 0 Å².